The normalized spacial score (nSPS) is 10.4. The lowest BCUT2D eigenvalue weighted by Crippen LogP contribution is -2.00. The van der Waals surface area contributed by atoms with Crippen LogP contribution in [0.4, 0.5) is 0 Å². The predicted octanol–water partition coefficient (Wildman–Crippen LogP) is 3.68. The molecule has 0 aliphatic heterocycles. The Kier molecular flexibility index (Phi) is 5.33. The molecule has 0 saturated heterocycles. The van der Waals surface area contributed by atoms with Crippen LogP contribution in [0.25, 0.3) is 0 Å². The van der Waals surface area contributed by atoms with E-state index < -0.39 is 0 Å². The lowest BCUT2D eigenvalue weighted by molar-refractivity contribution is 0.101. The number of hydrogen-bond acceptors (Lipinski definition) is 5. The van der Waals surface area contributed by atoms with E-state index in [4.69, 9.17) is 4.74 Å². The number of nitrogens with zero attached hydrogens (tertiary/aromatic N) is 2. The fourth-order valence-electron chi connectivity index (χ4n) is 1.85. The van der Waals surface area contributed by atoms with Gasteiger partial charge in [-0.05, 0) is 45.0 Å². The second kappa shape index (κ2) is 7.22. The number of rotatable bonds is 6. The summed E-state index contributed by atoms with van der Waals surface area (Å²) in [7, 11) is 0. The molecule has 4 nitrogen and oxygen atoms in total. The Morgan fingerprint density at radius 2 is 2.14 bits per heavy atom. The lowest BCUT2D eigenvalue weighted by atomic mass is 10.1. The van der Waals surface area contributed by atoms with Crippen LogP contribution in [0.5, 0.6) is 5.75 Å². The minimum absolute atomic E-state index is 0.0519. The molecular weight excluding hydrogens is 284 g/mol. The highest BCUT2D eigenvalue weighted by molar-refractivity contribution is 7.98. The maximum atomic E-state index is 11.5. The third-order valence-corrected chi connectivity index (χ3v) is 3.81. The molecule has 0 fully saturated rings. The topological polar surface area (TPSA) is 52.1 Å². The van der Waals surface area contributed by atoms with Gasteiger partial charge < -0.3 is 4.74 Å². The van der Waals surface area contributed by atoms with Crippen molar-refractivity contribution in [2.24, 2.45) is 0 Å². The van der Waals surface area contributed by atoms with Crippen LogP contribution in [-0.4, -0.2) is 22.4 Å². The van der Waals surface area contributed by atoms with E-state index in [1.807, 2.05) is 32.0 Å². The number of benzene rings is 1. The van der Waals surface area contributed by atoms with Crippen molar-refractivity contribution < 1.29 is 9.53 Å². The number of ether oxygens (including phenoxy) is 1. The smallest absolute Gasteiger partial charge is 0.188 e. The van der Waals surface area contributed by atoms with Gasteiger partial charge in [-0.1, -0.05) is 11.8 Å². The van der Waals surface area contributed by atoms with E-state index in [9.17, 15) is 4.79 Å². The third-order valence-electron chi connectivity index (χ3n) is 2.90. The number of ketones is 1. The van der Waals surface area contributed by atoms with Gasteiger partial charge in [-0.2, -0.15) is 0 Å². The highest BCUT2D eigenvalue weighted by atomic mass is 32.2. The van der Waals surface area contributed by atoms with Gasteiger partial charge in [0, 0.05) is 28.8 Å². The van der Waals surface area contributed by atoms with Crippen LogP contribution in [0.3, 0.4) is 0 Å². The zero-order chi connectivity index (χ0) is 15.2. The summed E-state index contributed by atoms with van der Waals surface area (Å²) in [6.45, 7) is 6.04. The SMILES string of the molecule is CCOc1ccc(C(C)=O)cc1CSc1nccc(C)n1. The molecule has 5 heteroatoms. The Morgan fingerprint density at radius 3 is 2.81 bits per heavy atom. The summed E-state index contributed by atoms with van der Waals surface area (Å²) in [4.78, 5) is 20.1. The van der Waals surface area contributed by atoms with E-state index in [-0.39, 0.29) is 5.78 Å². The molecular formula is C16H18N2O2S. The van der Waals surface area contributed by atoms with Crippen LogP contribution < -0.4 is 4.74 Å². The summed E-state index contributed by atoms with van der Waals surface area (Å²) in [6.07, 6.45) is 1.75. The van der Waals surface area contributed by atoms with E-state index in [2.05, 4.69) is 9.97 Å². The van der Waals surface area contributed by atoms with E-state index in [0.717, 1.165) is 22.2 Å². The van der Waals surface area contributed by atoms with Gasteiger partial charge in [-0.25, -0.2) is 9.97 Å². The second-order valence-electron chi connectivity index (χ2n) is 4.58. The molecule has 0 N–H and O–H groups in total. The zero-order valence-corrected chi connectivity index (χ0v) is 13.2. The van der Waals surface area contributed by atoms with Gasteiger partial charge >= 0.3 is 0 Å². The van der Waals surface area contributed by atoms with E-state index >= 15 is 0 Å². The molecule has 1 heterocycles. The average Bonchev–Trinajstić information content (AvgIpc) is 2.46. The minimum Gasteiger partial charge on any atom is -0.494 e. The number of carbonyl (C=O) groups is 1. The fourth-order valence-corrected chi connectivity index (χ4v) is 2.70. The van der Waals surface area contributed by atoms with Gasteiger partial charge in [0.2, 0.25) is 0 Å². The summed E-state index contributed by atoms with van der Waals surface area (Å²) >= 11 is 1.53. The number of thioether (sulfide) groups is 1. The molecule has 21 heavy (non-hydrogen) atoms. The first-order chi connectivity index (χ1) is 10.1. The van der Waals surface area contributed by atoms with Crippen LogP contribution in [0, 0.1) is 6.92 Å². The van der Waals surface area contributed by atoms with Crippen LogP contribution in [0.15, 0.2) is 35.6 Å². The van der Waals surface area contributed by atoms with E-state index in [0.29, 0.717) is 17.9 Å². The van der Waals surface area contributed by atoms with Gasteiger partial charge in [-0.3, -0.25) is 4.79 Å². The molecule has 1 aromatic carbocycles. The molecule has 1 aromatic heterocycles. The van der Waals surface area contributed by atoms with E-state index in [1.165, 1.54) is 11.8 Å². The number of Topliss-reactive ketones (excluding diaryl/α,β-unsaturated/α-hetero) is 1. The standard InChI is InChI=1S/C16H18N2O2S/c1-4-20-15-6-5-13(12(3)19)9-14(15)10-21-16-17-8-7-11(2)18-16/h5-9H,4,10H2,1-3H3. The first-order valence-electron chi connectivity index (χ1n) is 6.79. The van der Waals surface area contributed by atoms with Gasteiger partial charge in [0.05, 0.1) is 6.61 Å². The highest BCUT2D eigenvalue weighted by Gasteiger charge is 2.09. The molecule has 0 atom stereocenters. The molecule has 110 valence electrons. The number of aryl methyl sites for hydroxylation is 1. The molecule has 0 bridgehead atoms. The number of carbonyl (C=O) groups excluding carboxylic acids is 1. The molecule has 2 aromatic rings. The molecule has 2 rings (SSSR count). The Balaban J connectivity index is 2.20. The quantitative estimate of drug-likeness (QED) is 0.463. The van der Waals surface area contributed by atoms with Crippen LogP contribution in [0.2, 0.25) is 0 Å². The highest BCUT2D eigenvalue weighted by Crippen LogP contribution is 2.27. The summed E-state index contributed by atoms with van der Waals surface area (Å²) in [5, 5.41) is 0.727. The second-order valence-corrected chi connectivity index (χ2v) is 5.52. The number of aromatic nitrogens is 2. The van der Waals surface area contributed by atoms with Crippen molar-refractivity contribution in [3.63, 3.8) is 0 Å². The Morgan fingerprint density at radius 1 is 1.33 bits per heavy atom. The molecule has 0 saturated carbocycles. The van der Waals surface area contributed by atoms with Crippen molar-refractivity contribution in [2.75, 3.05) is 6.61 Å². The van der Waals surface area contributed by atoms with Crippen molar-refractivity contribution in [3.05, 3.63) is 47.3 Å². The van der Waals surface area contributed by atoms with Gasteiger partial charge in [0.25, 0.3) is 0 Å². The van der Waals surface area contributed by atoms with E-state index in [1.54, 1.807) is 19.2 Å². The van der Waals surface area contributed by atoms with Crippen LogP contribution >= 0.6 is 11.8 Å². The maximum Gasteiger partial charge on any atom is 0.188 e. The molecule has 0 aliphatic carbocycles. The largest absolute Gasteiger partial charge is 0.494 e. The summed E-state index contributed by atoms with van der Waals surface area (Å²) in [5.41, 5.74) is 2.62. The monoisotopic (exact) mass is 302 g/mol. The minimum atomic E-state index is 0.0519. The van der Waals surface area contributed by atoms with Crippen LogP contribution in [0.1, 0.15) is 35.5 Å². The maximum absolute atomic E-state index is 11.5. The lowest BCUT2D eigenvalue weighted by Gasteiger charge is -2.11. The Labute approximate surface area is 129 Å². The molecule has 0 spiro atoms. The van der Waals surface area contributed by atoms with Crippen LogP contribution in [-0.2, 0) is 5.75 Å². The predicted molar refractivity (Wildman–Crippen MR) is 83.9 cm³/mol. The summed E-state index contributed by atoms with van der Waals surface area (Å²) < 4.78 is 5.62. The van der Waals surface area contributed by atoms with Crippen molar-refractivity contribution in [2.45, 2.75) is 31.7 Å². The number of hydrogen-bond donors (Lipinski definition) is 0. The molecule has 0 amide bonds. The van der Waals surface area contributed by atoms with Gasteiger partial charge in [0.15, 0.2) is 10.9 Å². The summed E-state index contributed by atoms with van der Waals surface area (Å²) in [6, 6.07) is 7.40. The first kappa shape index (κ1) is 15.5. The van der Waals surface area contributed by atoms with Crippen molar-refractivity contribution in [1.82, 2.24) is 9.97 Å². The van der Waals surface area contributed by atoms with Crippen molar-refractivity contribution in [3.8, 4) is 5.75 Å². The summed E-state index contributed by atoms with van der Waals surface area (Å²) in [5.74, 6) is 1.53. The molecule has 0 radical (unpaired) electrons. The van der Waals surface area contributed by atoms with Crippen molar-refractivity contribution in [1.29, 1.82) is 0 Å². The third kappa shape index (κ3) is 4.29. The average molecular weight is 302 g/mol. The van der Waals surface area contributed by atoms with Crippen molar-refractivity contribution >= 4 is 17.5 Å². The Hall–Kier alpha value is -1.88. The molecule has 0 aliphatic rings. The van der Waals surface area contributed by atoms with Gasteiger partial charge in [-0.15, -0.1) is 0 Å². The zero-order valence-electron chi connectivity index (χ0n) is 12.4. The fraction of sp³-hybridized carbons (Fsp3) is 0.312. The van der Waals surface area contributed by atoms with Gasteiger partial charge in [0.1, 0.15) is 5.75 Å². The Bertz CT molecular complexity index is 644. The first-order valence-corrected chi connectivity index (χ1v) is 7.78. The molecule has 0 unspecified atom stereocenters.